The minimum absolute atomic E-state index is 0.561. The van der Waals surface area contributed by atoms with E-state index in [0.29, 0.717) is 12.1 Å². The van der Waals surface area contributed by atoms with Gasteiger partial charge in [-0.2, -0.15) is 0 Å². The Balaban J connectivity index is 3.97. The van der Waals surface area contributed by atoms with E-state index in [-0.39, 0.29) is 0 Å². The molecule has 0 rings (SSSR count). The molecule has 0 radical (unpaired) electrons. The number of nitrogens with zero attached hydrogens (tertiary/aromatic N) is 1. The molecule has 2 atom stereocenters. The van der Waals surface area contributed by atoms with Crippen molar-refractivity contribution in [3.63, 3.8) is 0 Å². The second kappa shape index (κ2) is 10.1. The van der Waals surface area contributed by atoms with Crippen LogP contribution in [0.15, 0.2) is 0 Å². The molecule has 0 aromatic carbocycles. The molecule has 16 heavy (non-hydrogen) atoms. The molecule has 0 aliphatic carbocycles. The molecule has 0 aliphatic rings. The Morgan fingerprint density at radius 3 is 2.44 bits per heavy atom. The highest BCUT2D eigenvalue weighted by Crippen LogP contribution is 2.04. The first-order valence-electron chi connectivity index (χ1n) is 6.62. The number of methoxy groups -OCH3 is 1. The van der Waals surface area contributed by atoms with Gasteiger partial charge in [-0.3, -0.25) is 4.90 Å². The van der Waals surface area contributed by atoms with Crippen LogP contribution < -0.4 is 5.32 Å². The highest BCUT2D eigenvalue weighted by Gasteiger charge is 2.14. The molecular formula is C13H30N2O. The van der Waals surface area contributed by atoms with Crippen molar-refractivity contribution in [2.75, 3.05) is 33.4 Å². The molecule has 2 unspecified atom stereocenters. The molecule has 1 N–H and O–H groups in total. The molecule has 0 bridgehead atoms. The molecule has 0 aliphatic heterocycles. The van der Waals surface area contributed by atoms with Crippen LogP contribution in [0.4, 0.5) is 0 Å². The average Bonchev–Trinajstić information content (AvgIpc) is 2.30. The van der Waals surface area contributed by atoms with E-state index in [4.69, 9.17) is 4.74 Å². The minimum Gasteiger partial charge on any atom is -0.383 e. The van der Waals surface area contributed by atoms with Crippen LogP contribution in [0.5, 0.6) is 0 Å². The molecule has 0 amide bonds. The van der Waals surface area contributed by atoms with Crippen molar-refractivity contribution in [3.05, 3.63) is 0 Å². The molecule has 0 spiro atoms. The van der Waals surface area contributed by atoms with Crippen LogP contribution >= 0.6 is 0 Å². The predicted molar refractivity (Wildman–Crippen MR) is 71.0 cm³/mol. The largest absolute Gasteiger partial charge is 0.383 e. The van der Waals surface area contributed by atoms with E-state index >= 15 is 0 Å². The first kappa shape index (κ1) is 15.9. The van der Waals surface area contributed by atoms with Gasteiger partial charge in [-0.25, -0.2) is 0 Å². The molecular weight excluding hydrogens is 200 g/mol. The monoisotopic (exact) mass is 230 g/mol. The second-order valence-electron chi connectivity index (χ2n) is 4.60. The van der Waals surface area contributed by atoms with Gasteiger partial charge < -0.3 is 10.1 Å². The van der Waals surface area contributed by atoms with Crippen molar-refractivity contribution >= 4 is 0 Å². The molecule has 0 heterocycles. The fourth-order valence-electron chi connectivity index (χ4n) is 1.77. The molecule has 3 heteroatoms. The lowest BCUT2D eigenvalue weighted by molar-refractivity contribution is 0.116. The predicted octanol–water partition coefficient (Wildman–Crippen LogP) is 2.12. The minimum atomic E-state index is 0.561. The van der Waals surface area contributed by atoms with Crippen LogP contribution in [0.1, 0.15) is 40.5 Å². The van der Waals surface area contributed by atoms with E-state index < -0.39 is 0 Å². The molecule has 3 nitrogen and oxygen atoms in total. The summed E-state index contributed by atoms with van der Waals surface area (Å²) in [4.78, 5) is 2.51. The summed E-state index contributed by atoms with van der Waals surface area (Å²) in [6, 6.07) is 1.20. The van der Waals surface area contributed by atoms with E-state index in [2.05, 4.69) is 37.9 Å². The Morgan fingerprint density at radius 2 is 1.94 bits per heavy atom. The third kappa shape index (κ3) is 7.20. The fourth-order valence-corrected chi connectivity index (χ4v) is 1.77. The van der Waals surface area contributed by atoms with Gasteiger partial charge in [-0.05, 0) is 33.2 Å². The van der Waals surface area contributed by atoms with Crippen LogP contribution in [-0.4, -0.2) is 50.3 Å². The fraction of sp³-hybridized carbons (Fsp3) is 1.00. The van der Waals surface area contributed by atoms with Crippen LogP contribution in [0.2, 0.25) is 0 Å². The van der Waals surface area contributed by atoms with Crippen LogP contribution in [0.3, 0.4) is 0 Å². The van der Waals surface area contributed by atoms with Gasteiger partial charge in [0.15, 0.2) is 0 Å². The van der Waals surface area contributed by atoms with E-state index in [0.717, 1.165) is 26.2 Å². The Hall–Kier alpha value is -0.120. The van der Waals surface area contributed by atoms with E-state index in [9.17, 15) is 0 Å². The van der Waals surface area contributed by atoms with Gasteiger partial charge in [-0.15, -0.1) is 0 Å². The van der Waals surface area contributed by atoms with Crippen molar-refractivity contribution in [2.45, 2.75) is 52.6 Å². The highest BCUT2D eigenvalue weighted by atomic mass is 16.5. The van der Waals surface area contributed by atoms with Gasteiger partial charge in [0.2, 0.25) is 0 Å². The lowest BCUT2D eigenvalue weighted by atomic mass is 10.2. The van der Waals surface area contributed by atoms with Crippen molar-refractivity contribution < 1.29 is 4.74 Å². The highest BCUT2D eigenvalue weighted by molar-refractivity contribution is 4.72. The van der Waals surface area contributed by atoms with Gasteiger partial charge in [0.05, 0.1) is 6.61 Å². The van der Waals surface area contributed by atoms with Gasteiger partial charge in [-0.1, -0.05) is 13.8 Å². The summed E-state index contributed by atoms with van der Waals surface area (Å²) in [5.41, 5.74) is 0. The zero-order valence-electron chi connectivity index (χ0n) is 11.8. The topological polar surface area (TPSA) is 24.5 Å². The van der Waals surface area contributed by atoms with Crippen molar-refractivity contribution in [1.29, 1.82) is 0 Å². The van der Waals surface area contributed by atoms with Gasteiger partial charge in [0.1, 0.15) is 0 Å². The first-order valence-corrected chi connectivity index (χ1v) is 6.62. The summed E-state index contributed by atoms with van der Waals surface area (Å²) >= 11 is 0. The SMILES string of the molecule is CCCNC(C)CN(CCOC)C(C)CC. The molecule has 98 valence electrons. The summed E-state index contributed by atoms with van der Waals surface area (Å²) in [5.74, 6) is 0. The van der Waals surface area contributed by atoms with E-state index in [1.807, 2.05) is 0 Å². The maximum absolute atomic E-state index is 5.17. The summed E-state index contributed by atoms with van der Waals surface area (Å²) < 4.78 is 5.17. The van der Waals surface area contributed by atoms with Crippen molar-refractivity contribution in [2.24, 2.45) is 0 Å². The summed E-state index contributed by atoms with van der Waals surface area (Å²) in [6.45, 7) is 13.1. The zero-order chi connectivity index (χ0) is 12.4. The standard InChI is InChI=1S/C13H30N2O/c1-6-8-14-12(3)11-15(9-10-16-5)13(4)7-2/h12-14H,6-11H2,1-5H3. The summed E-state index contributed by atoms with van der Waals surface area (Å²) in [7, 11) is 1.77. The van der Waals surface area contributed by atoms with Gasteiger partial charge >= 0.3 is 0 Å². The first-order chi connectivity index (χ1) is 7.65. The van der Waals surface area contributed by atoms with Crippen LogP contribution in [0, 0.1) is 0 Å². The zero-order valence-corrected chi connectivity index (χ0v) is 11.8. The van der Waals surface area contributed by atoms with Gasteiger partial charge in [0, 0.05) is 32.3 Å². The quantitative estimate of drug-likeness (QED) is 0.622. The second-order valence-corrected chi connectivity index (χ2v) is 4.60. The number of ether oxygens (including phenoxy) is 1. The Labute approximate surface area is 102 Å². The Morgan fingerprint density at radius 1 is 1.25 bits per heavy atom. The Kier molecular flexibility index (Phi) is 9.99. The van der Waals surface area contributed by atoms with Crippen LogP contribution in [0.25, 0.3) is 0 Å². The number of nitrogens with one attached hydrogen (secondary N) is 1. The normalized spacial score (nSPS) is 15.4. The maximum Gasteiger partial charge on any atom is 0.0589 e. The third-order valence-corrected chi connectivity index (χ3v) is 3.05. The van der Waals surface area contributed by atoms with Crippen molar-refractivity contribution in [3.8, 4) is 0 Å². The Bertz CT molecular complexity index is 153. The van der Waals surface area contributed by atoms with Crippen molar-refractivity contribution in [1.82, 2.24) is 10.2 Å². The average molecular weight is 230 g/mol. The molecule has 0 aromatic rings. The van der Waals surface area contributed by atoms with E-state index in [1.165, 1.54) is 12.8 Å². The summed E-state index contributed by atoms with van der Waals surface area (Å²) in [6.07, 6.45) is 2.40. The lowest BCUT2D eigenvalue weighted by Gasteiger charge is -2.31. The summed E-state index contributed by atoms with van der Waals surface area (Å²) in [5, 5.41) is 3.54. The maximum atomic E-state index is 5.17. The third-order valence-electron chi connectivity index (χ3n) is 3.05. The smallest absolute Gasteiger partial charge is 0.0589 e. The number of hydrogen-bond acceptors (Lipinski definition) is 3. The lowest BCUT2D eigenvalue weighted by Crippen LogP contribution is -2.44. The van der Waals surface area contributed by atoms with Gasteiger partial charge in [0.25, 0.3) is 0 Å². The molecule has 0 saturated carbocycles. The molecule has 0 aromatic heterocycles. The molecule has 0 saturated heterocycles. The number of rotatable bonds is 10. The van der Waals surface area contributed by atoms with E-state index in [1.54, 1.807) is 7.11 Å². The number of hydrogen-bond donors (Lipinski definition) is 1. The molecule has 0 fully saturated rings. The van der Waals surface area contributed by atoms with Crippen LogP contribution in [-0.2, 0) is 4.74 Å².